The van der Waals surface area contributed by atoms with Gasteiger partial charge < -0.3 is 33.2 Å². The Morgan fingerprint density at radius 2 is 1.76 bits per heavy atom. The molecule has 4 saturated heterocycles. The number of rotatable bonds is 10. The first kappa shape index (κ1) is 36.5. The van der Waals surface area contributed by atoms with E-state index in [9.17, 15) is 9.90 Å². The highest BCUT2D eigenvalue weighted by Crippen LogP contribution is 2.48. The molecule has 0 aromatic heterocycles. The van der Waals surface area contributed by atoms with E-state index in [0.717, 1.165) is 44.1 Å². The van der Waals surface area contributed by atoms with Crippen LogP contribution in [0.5, 0.6) is 0 Å². The van der Waals surface area contributed by atoms with Crippen molar-refractivity contribution in [1.29, 1.82) is 0 Å². The second kappa shape index (κ2) is 14.4. The Balaban J connectivity index is 1.50. The van der Waals surface area contributed by atoms with Crippen molar-refractivity contribution in [2.24, 2.45) is 0 Å². The van der Waals surface area contributed by atoms with Crippen LogP contribution >= 0.6 is 0 Å². The summed E-state index contributed by atoms with van der Waals surface area (Å²) in [6.07, 6.45) is 10.6. The van der Waals surface area contributed by atoms with Crippen LogP contribution in [0.25, 0.3) is 0 Å². The molecule has 1 N–H and O–H groups in total. The predicted molar refractivity (Wildman–Crippen MR) is 179 cm³/mol. The zero-order valence-corrected chi connectivity index (χ0v) is 30.1. The summed E-state index contributed by atoms with van der Waals surface area (Å²) in [7, 11) is -2.08. The van der Waals surface area contributed by atoms with Crippen molar-refractivity contribution in [3.05, 3.63) is 37.0 Å². The molecule has 4 heterocycles. The van der Waals surface area contributed by atoms with Crippen LogP contribution in [-0.2, 0) is 32.9 Å². The second-order valence-corrected chi connectivity index (χ2v) is 20.5. The van der Waals surface area contributed by atoms with Crippen molar-refractivity contribution in [3.8, 4) is 0 Å². The molecule has 0 radical (unpaired) electrons. The average Bonchev–Trinajstić information content (AvgIpc) is 3.14. The van der Waals surface area contributed by atoms with E-state index in [1.54, 1.807) is 0 Å². The van der Waals surface area contributed by atoms with Gasteiger partial charge in [-0.2, -0.15) is 0 Å². The van der Waals surface area contributed by atoms with E-state index in [2.05, 4.69) is 66.9 Å². The molecule has 4 aliphatic rings. The van der Waals surface area contributed by atoms with E-state index in [0.29, 0.717) is 19.3 Å². The molecular weight excluding hydrogens is 588 g/mol. The van der Waals surface area contributed by atoms with E-state index >= 15 is 0 Å². The van der Waals surface area contributed by atoms with Crippen LogP contribution in [0.4, 0.5) is 0 Å². The van der Waals surface area contributed by atoms with Crippen LogP contribution in [-0.4, -0.2) is 86.0 Å². The van der Waals surface area contributed by atoms with Gasteiger partial charge in [0.25, 0.3) is 0 Å². The highest BCUT2D eigenvalue weighted by atomic mass is 28.4. The Morgan fingerprint density at radius 1 is 1.07 bits per heavy atom. The summed E-state index contributed by atoms with van der Waals surface area (Å²) >= 11 is 0. The van der Waals surface area contributed by atoms with E-state index in [1.807, 2.05) is 12.2 Å². The van der Waals surface area contributed by atoms with Crippen molar-refractivity contribution < 1.29 is 38.0 Å². The Kier molecular flexibility index (Phi) is 11.7. The lowest BCUT2D eigenvalue weighted by molar-refractivity contribution is -0.291. The van der Waals surface area contributed by atoms with Gasteiger partial charge in [-0.15, -0.1) is 0 Å². The maximum absolute atomic E-state index is 11.2. The first-order chi connectivity index (χ1) is 21.0. The van der Waals surface area contributed by atoms with Crippen LogP contribution in [0.1, 0.15) is 99.3 Å². The summed E-state index contributed by atoms with van der Waals surface area (Å²) < 4.78 is 39.6. The minimum atomic E-state index is -2.08. The number of aliphatic hydroxyl groups is 1. The molecule has 45 heavy (non-hydrogen) atoms. The number of carbonyl (C=O) groups is 1. The van der Waals surface area contributed by atoms with E-state index in [-0.39, 0.29) is 54.2 Å². The first-order valence-corrected chi connectivity index (χ1v) is 20.0. The topological polar surface area (TPSA) is 92.7 Å². The van der Waals surface area contributed by atoms with Gasteiger partial charge in [-0.05, 0) is 82.5 Å². The molecule has 9 heteroatoms. The normalized spacial score (nSPS) is 39.1. The highest BCUT2D eigenvalue weighted by molar-refractivity contribution is 6.74. The molecule has 256 valence electrons. The summed E-state index contributed by atoms with van der Waals surface area (Å²) in [5.41, 5.74) is -0.198. The molecule has 0 aromatic carbocycles. The van der Waals surface area contributed by atoms with Crippen LogP contribution < -0.4 is 0 Å². The third kappa shape index (κ3) is 8.78. The molecular formula is C36H60O8Si. The fourth-order valence-electron chi connectivity index (χ4n) is 7.29. The van der Waals surface area contributed by atoms with E-state index < -0.39 is 31.7 Å². The fourth-order valence-corrected chi connectivity index (χ4v) is 9.00. The first-order valence-electron chi connectivity index (χ1n) is 17.1. The molecule has 0 saturated carbocycles. The second-order valence-electron chi connectivity index (χ2n) is 15.8. The number of hydrogen-bond donors (Lipinski definition) is 1. The number of ether oxygens (including phenoxy) is 5. The molecule has 0 amide bonds. The van der Waals surface area contributed by atoms with Crippen LogP contribution in [0.15, 0.2) is 37.0 Å². The third-order valence-corrected chi connectivity index (χ3v) is 15.5. The van der Waals surface area contributed by atoms with Crippen molar-refractivity contribution in [1.82, 2.24) is 0 Å². The standard InChI is InChI=1S/C36H60O8Si/c1-11-12-13-14-15-31-36(8,44-45(9,10)34(4,5)6)19-17-29-28(41-31)16-18-35(7)32(42-29)22-30-33(43-35)27(38)21-26(40-30)20-24(2)23-39-25(3)37/h11-13,26-33,38H,1-2,14-23H2,3-10H3/b13-12-/t26-,27+,28+,29-,30-,31-,32+,33+,35-,36+/m1/s1. The van der Waals surface area contributed by atoms with E-state index in [4.69, 9.17) is 28.1 Å². The van der Waals surface area contributed by atoms with Crippen LogP contribution in [0.2, 0.25) is 18.1 Å². The summed E-state index contributed by atoms with van der Waals surface area (Å²) in [6, 6.07) is 0. The predicted octanol–water partition coefficient (Wildman–Crippen LogP) is 6.96. The Labute approximate surface area is 273 Å². The molecule has 4 rings (SSSR count). The number of allylic oxidation sites excluding steroid dienone is 3. The van der Waals surface area contributed by atoms with Gasteiger partial charge in [0.05, 0.1) is 53.9 Å². The summed E-state index contributed by atoms with van der Waals surface area (Å²) in [5.74, 6) is -0.338. The maximum atomic E-state index is 11.2. The summed E-state index contributed by atoms with van der Waals surface area (Å²) in [5, 5.41) is 11.3. The molecule has 8 nitrogen and oxygen atoms in total. The molecule has 4 aliphatic heterocycles. The van der Waals surface area contributed by atoms with Crippen LogP contribution in [0.3, 0.4) is 0 Å². The molecule has 0 bridgehead atoms. The number of esters is 1. The number of hydrogen-bond acceptors (Lipinski definition) is 8. The van der Waals surface area contributed by atoms with Gasteiger partial charge in [0, 0.05) is 19.8 Å². The number of carbonyl (C=O) groups excluding carboxylic acids is 1. The van der Waals surface area contributed by atoms with Gasteiger partial charge in [-0.3, -0.25) is 4.79 Å². The number of aliphatic hydroxyl groups excluding tert-OH is 1. The minimum Gasteiger partial charge on any atom is -0.461 e. The molecule has 0 unspecified atom stereocenters. The lowest BCUT2D eigenvalue weighted by Crippen LogP contribution is -2.62. The van der Waals surface area contributed by atoms with Crippen molar-refractivity contribution >= 4 is 14.3 Å². The summed E-state index contributed by atoms with van der Waals surface area (Å²) in [6.45, 7) is 25.3. The maximum Gasteiger partial charge on any atom is 0.302 e. The lowest BCUT2D eigenvalue weighted by atomic mass is 9.81. The highest BCUT2D eigenvalue weighted by Gasteiger charge is 2.56. The van der Waals surface area contributed by atoms with E-state index in [1.165, 1.54) is 6.92 Å². The Bertz CT molecular complexity index is 1080. The minimum absolute atomic E-state index is 0.0675. The third-order valence-electron chi connectivity index (χ3n) is 10.9. The van der Waals surface area contributed by atoms with Gasteiger partial charge in [0.15, 0.2) is 8.32 Å². The van der Waals surface area contributed by atoms with Gasteiger partial charge in [0.2, 0.25) is 0 Å². The monoisotopic (exact) mass is 648 g/mol. The van der Waals surface area contributed by atoms with Crippen molar-refractivity contribution in [2.75, 3.05) is 6.61 Å². The molecule has 10 atom stereocenters. The van der Waals surface area contributed by atoms with Gasteiger partial charge in [-0.25, -0.2) is 0 Å². The lowest BCUT2D eigenvalue weighted by Gasteiger charge is -2.52. The van der Waals surface area contributed by atoms with Gasteiger partial charge in [0.1, 0.15) is 12.7 Å². The number of fused-ring (bicyclic) bond motifs is 3. The quantitative estimate of drug-likeness (QED) is 0.118. The van der Waals surface area contributed by atoms with Gasteiger partial charge in [-0.1, -0.05) is 52.2 Å². The molecule has 4 fully saturated rings. The smallest absolute Gasteiger partial charge is 0.302 e. The molecule has 0 aliphatic carbocycles. The molecule has 0 aromatic rings. The van der Waals surface area contributed by atoms with Gasteiger partial charge >= 0.3 is 5.97 Å². The largest absolute Gasteiger partial charge is 0.461 e. The molecule has 0 spiro atoms. The van der Waals surface area contributed by atoms with Crippen LogP contribution in [0, 0.1) is 0 Å². The SMILES string of the molecule is C=C/C=C\CC[C@H]1O[C@H]2CC[C@@]3(C)O[C@H]4[C@@H](O)C[C@@H](CC(=C)COC(C)=O)O[C@@H]4C[C@@H]3O[C@@H]2CC[C@]1(C)O[Si](C)(C)C(C)(C)C. The zero-order valence-electron chi connectivity index (χ0n) is 29.1. The zero-order chi connectivity index (χ0) is 33.2. The fraction of sp³-hybridized carbons (Fsp3) is 0.806. The summed E-state index contributed by atoms with van der Waals surface area (Å²) in [4.78, 5) is 11.2. The Hall–Kier alpha value is -1.33. The Morgan fingerprint density at radius 3 is 2.42 bits per heavy atom. The average molecular weight is 649 g/mol. The van der Waals surface area contributed by atoms with Crippen molar-refractivity contribution in [2.45, 2.75) is 177 Å². The van der Waals surface area contributed by atoms with Crippen molar-refractivity contribution in [3.63, 3.8) is 0 Å².